The van der Waals surface area contributed by atoms with Crippen molar-refractivity contribution >= 4 is 5.91 Å². The third-order valence-electron chi connectivity index (χ3n) is 5.83. The Labute approximate surface area is 154 Å². The van der Waals surface area contributed by atoms with Crippen molar-refractivity contribution in [1.29, 1.82) is 0 Å². The molecule has 0 N–H and O–H groups in total. The Bertz CT molecular complexity index is 963. The molecule has 2 aliphatic heterocycles. The van der Waals surface area contributed by atoms with Crippen LogP contribution >= 0.6 is 0 Å². The van der Waals surface area contributed by atoms with Crippen molar-refractivity contribution in [2.75, 3.05) is 6.54 Å². The van der Waals surface area contributed by atoms with E-state index in [2.05, 4.69) is 65.6 Å². The lowest BCUT2D eigenvalue weighted by Gasteiger charge is -2.24. The average molecular weight is 339 g/mol. The number of nitrogens with zero attached hydrogens (tertiary/aromatic N) is 1. The van der Waals surface area contributed by atoms with Crippen LogP contribution in [0.15, 0.2) is 78.9 Å². The Hall–Kier alpha value is -2.87. The summed E-state index contributed by atoms with van der Waals surface area (Å²) in [5, 5.41) is 0. The summed E-state index contributed by atoms with van der Waals surface area (Å²) in [6.45, 7) is 0.810. The van der Waals surface area contributed by atoms with Crippen molar-refractivity contribution in [2.45, 2.75) is 24.8 Å². The smallest absolute Gasteiger partial charge is 0.255 e. The van der Waals surface area contributed by atoms with E-state index in [1.165, 1.54) is 16.7 Å². The first-order valence-electron chi connectivity index (χ1n) is 9.35. The van der Waals surface area contributed by atoms with Crippen LogP contribution in [0.25, 0.3) is 0 Å². The fourth-order valence-corrected chi connectivity index (χ4v) is 4.63. The molecule has 0 spiro atoms. The lowest BCUT2D eigenvalue weighted by molar-refractivity contribution is 0.0751. The van der Waals surface area contributed by atoms with Gasteiger partial charge in [0.05, 0.1) is 6.04 Å². The molecule has 0 radical (unpaired) electrons. The number of amides is 1. The lowest BCUT2D eigenvalue weighted by atomic mass is 9.85. The molecule has 2 nitrogen and oxygen atoms in total. The second-order valence-electron chi connectivity index (χ2n) is 7.29. The van der Waals surface area contributed by atoms with Crippen molar-refractivity contribution in [3.8, 4) is 0 Å². The van der Waals surface area contributed by atoms with E-state index in [9.17, 15) is 4.79 Å². The maximum atomic E-state index is 13.0. The molecule has 0 bridgehead atoms. The monoisotopic (exact) mass is 339 g/mol. The highest BCUT2D eigenvalue weighted by Crippen LogP contribution is 2.45. The molecule has 128 valence electrons. The van der Waals surface area contributed by atoms with E-state index in [1.54, 1.807) is 0 Å². The minimum absolute atomic E-state index is 0.0654. The fourth-order valence-electron chi connectivity index (χ4n) is 4.63. The third kappa shape index (κ3) is 2.37. The first-order valence-corrected chi connectivity index (χ1v) is 9.35. The van der Waals surface area contributed by atoms with Crippen LogP contribution < -0.4 is 0 Å². The number of hydrogen-bond acceptors (Lipinski definition) is 1. The zero-order valence-electron chi connectivity index (χ0n) is 14.6. The number of carbonyl (C=O) groups excluding carboxylic acids is 1. The molecule has 26 heavy (non-hydrogen) atoms. The van der Waals surface area contributed by atoms with Gasteiger partial charge in [0.25, 0.3) is 5.91 Å². The summed E-state index contributed by atoms with van der Waals surface area (Å²) in [5.41, 5.74) is 6.08. The van der Waals surface area contributed by atoms with E-state index in [1.807, 2.05) is 18.2 Å². The molecule has 3 aromatic rings. The summed E-state index contributed by atoms with van der Waals surface area (Å²) in [7, 11) is 0. The molecule has 2 unspecified atom stereocenters. The second-order valence-corrected chi connectivity index (χ2v) is 7.29. The molecule has 1 amide bonds. The molecule has 0 fully saturated rings. The van der Waals surface area contributed by atoms with Gasteiger partial charge in [0.1, 0.15) is 0 Å². The number of benzene rings is 3. The standard InChI is InChI=1S/C24H21NO/c26-24-22-13-7-6-12-21(22)23-20-11-5-4-10-19(20)18(14-15-25(23)24)16-17-8-2-1-3-9-17/h1-13,18,23H,14-16H2. The summed E-state index contributed by atoms with van der Waals surface area (Å²) in [5.74, 6) is 0.625. The highest BCUT2D eigenvalue weighted by molar-refractivity contribution is 5.99. The molecule has 0 aliphatic carbocycles. The van der Waals surface area contributed by atoms with Gasteiger partial charge >= 0.3 is 0 Å². The van der Waals surface area contributed by atoms with E-state index in [-0.39, 0.29) is 11.9 Å². The molecule has 5 rings (SSSR count). The van der Waals surface area contributed by atoms with Gasteiger partial charge in [0.2, 0.25) is 0 Å². The zero-order chi connectivity index (χ0) is 17.5. The summed E-state index contributed by atoms with van der Waals surface area (Å²) in [4.78, 5) is 15.1. The van der Waals surface area contributed by atoms with E-state index in [4.69, 9.17) is 0 Å². The van der Waals surface area contributed by atoms with Crippen LogP contribution in [-0.4, -0.2) is 17.4 Å². The SMILES string of the molecule is O=C1c2ccccc2C2c3ccccc3C(Cc3ccccc3)CCN12. The largest absolute Gasteiger partial charge is 0.327 e. The fraction of sp³-hybridized carbons (Fsp3) is 0.208. The topological polar surface area (TPSA) is 20.3 Å². The second kappa shape index (κ2) is 6.14. The maximum absolute atomic E-state index is 13.0. The molecule has 3 aromatic carbocycles. The highest BCUT2D eigenvalue weighted by atomic mass is 16.2. The number of fused-ring (bicyclic) bond motifs is 5. The molecule has 0 saturated heterocycles. The number of carbonyl (C=O) groups is 1. The van der Waals surface area contributed by atoms with E-state index >= 15 is 0 Å². The Balaban J connectivity index is 1.61. The molecular weight excluding hydrogens is 318 g/mol. The predicted octanol–water partition coefficient (Wildman–Crippen LogP) is 4.96. The summed E-state index contributed by atoms with van der Waals surface area (Å²) < 4.78 is 0. The summed E-state index contributed by atoms with van der Waals surface area (Å²) in [6, 6.07) is 27.6. The van der Waals surface area contributed by atoms with Crippen LogP contribution in [0.4, 0.5) is 0 Å². The van der Waals surface area contributed by atoms with Crippen LogP contribution in [0.1, 0.15) is 51.0 Å². The highest BCUT2D eigenvalue weighted by Gasteiger charge is 2.40. The van der Waals surface area contributed by atoms with Gasteiger partial charge in [-0.15, -0.1) is 0 Å². The average Bonchev–Trinajstić information content (AvgIpc) is 2.87. The van der Waals surface area contributed by atoms with Crippen molar-refractivity contribution in [3.63, 3.8) is 0 Å². The maximum Gasteiger partial charge on any atom is 0.255 e. The molecular formula is C24H21NO. The van der Waals surface area contributed by atoms with Gasteiger partial charge in [-0.25, -0.2) is 0 Å². The van der Waals surface area contributed by atoms with E-state index < -0.39 is 0 Å². The lowest BCUT2D eigenvalue weighted by Crippen LogP contribution is -2.28. The van der Waals surface area contributed by atoms with Crippen LogP contribution in [0.3, 0.4) is 0 Å². The van der Waals surface area contributed by atoms with Crippen molar-refractivity contribution < 1.29 is 4.79 Å². The Kier molecular flexibility index (Phi) is 3.63. The molecule has 0 aromatic heterocycles. The first-order chi connectivity index (χ1) is 12.8. The minimum atomic E-state index is 0.0654. The Morgan fingerprint density at radius 2 is 1.42 bits per heavy atom. The minimum Gasteiger partial charge on any atom is -0.327 e. The van der Waals surface area contributed by atoms with Crippen LogP contribution in [0, 0.1) is 0 Å². The van der Waals surface area contributed by atoms with Crippen LogP contribution in [0.2, 0.25) is 0 Å². The van der Waals surface area contributed by atoms with Gasteiger partial charge in [0, 0.05) is 12.1 Å². The molecule has 2 heteroatoms. The van der Waals surface area contributed by atoms with Gasteiger partial charge in [-0.2, -0.15) is 0 Å². The predicted molar refractivity (Wildman–Crippen MR) is 103 cm³/mol. The van der Waals surface area contributed by atoms with Gasteiger partial charge in [-0.05, 0) is 47.1 Å². The van der Waals surface area contributed by atoms with Crippen molar-refractivity contribution in [1.82, 2.24) is 4.90 Å². The zero-order valence-corrected chi connectivity index (χ0v) is 14.6. The molecule has 0 saturated carbocycles. The first kappa shape index (κ1) is 15.4. The Morgan fingerprint density at radius 3 is 2.23 bits per heavy atom. The van der Waals surface area contributed by atoms with Gasteiger partial charge in [-0.1, -0.05) is 72.8 Å². The van der Waals surface area contributed by atoms with Crippen LogP contribution in [-0.2, 0) is 6.42 Å². The summed E-state index contributed by atoms with van der Waals surface area (Å²) in [6.07, 6.45) is 2.02. The molecule has 2 atom stereocenters. The molecule has 2 aliphatic rings. The van der Waals surface area contributed by atoms with Gasteiger partial charge in [0.15, 0.2) is 0 Å². The van der Waals surface area contributed by atoms with Crippen LogP contribution in [0.5, 0.6) is 0 Å². The number of hydrogen-bond donors (Lipinski definition) is 0. The van der Waals surface area contributed by atoms with Gasteiger partial charge < -0.3 is 4.90 Å². The quantitative estimate of drug-likeness (QED) is 0.646. The van der Waals surface area contributed by atoms with Gasteiger partial charge in [-0.3, -0.25) is 4.79 Å². The Morgan fingerprint density at radius 1 is 0.769 bits per heavy atom. The van der Waals surface area contributed by atoms with E-state index in [0.717, 1.165) is 30.5 Å². The van der Waals surface area contributed by atoms with Crippen molar-refractivity contribution in [3.05, 3.63) is 107 Å². The van der Waals surface area contributed by atoms with E-state index in [0.29, 0.717) is 5.92 Å². The third-order valence-corrected chi connectivity index (χ3v) is 5.83. The van der Waals surface area contributed by atoms with Crippen molar-refractivity contribution in [2.24, 2.45) is 0 Å². The molecule has 2 heterocycles. The number of rotatable bonds is 2. The normalized spacial score (nSPS) is 20.9. The summed E-state index contributed by atoms with van der Waals surface area (Å²) >= 11 is 0.